The highest BCUT2D eigenvalue weighted by atomic mass is 19.4. The van der Waals surface area contributed by atoms with Crippen LogP contribution in [0.25, 0.3) is 0 Å². The average molecular weight is 222 g/mol. The molecule has 1 saturated carbocycles. The fraction of sp³-hybridized carbons (Fsp3) is 0.818. The van der Waals surface area contributed by atoms with Crippen LogP contribution in [0.1, 0.15) is 32.1 Å². The molecule has 0 heterocycles. The fourth-order valence-corrected chi connectivity index (χ4v) is 2.24. The molecule has 0 bridgehead atoms. The summed E-state index contributed by atoms with van der Waals surface area (Å²) in [4.78, 5) is 0. The first kappa shape index (κ1) is 12.6. The Hall–Kier alpha value is -0.510. The van der Waals surface area contributed by atoms with Gasteiger partial charge >= 0.3 is 6.18 Å². The van der Waals surface area contributed by atoms with Gasteiger partial charge in [0.2, 0.25) is 0 Å². The molecule has 15 heavy (non-hydrogen) atoms. The van der Waals surface area contributed by atoms with Gasteiger partial charge in [0, 0.05) is 0 Å². The minimum atomic E-state index is -4.10. The Bertz CT molecular complexity index is 212. The van der Waals surface area contributed by atoms with Crippen LogP contribution in [-0.2, 0) is 0 Å². The van der Waals surface area contributed by atoms with Crippen LogP contribution in [-0.4, -0.2) is 17.4 Å². The first-order valence-electron chi connectivity index (χ1n) is 5.30. The maximum Gasteiger partial charge on any atom is 0.391 e. The number of aliphatic hydroxyl groups excluding tert-OH is 1. The van der Waals surface area contributed by atoms with E-state index in [1.54, 1.807) is 6.08 Å². The van der Waals surface area contributed by atoms with Crippen LogP contribution < -0.4 is 0 Å². The third-order valence-electron chi connectivity index (χ3n) is 3.13. The van der Waals surface area contributed by atoms with Crippen molar-refractivity contribution in [3.05, 3.63) is 12.7 Å². The number of hydrogen-bond acceptors (Lipinski definition) is 1. The Morgan fingerprint density at radius 1 is 1.40 bits per heavy atom. The summed E-state index contributed by atoms with van der Waals surface area (Å²) in [6.45, 7) is 3.48. The highest BCUT2D eigenvalue weighted by Crippen LogP contribution is 2.41. The van der Waals surface area contributed by atoms with Crippen molar-refractivity contribution in [2.75, 3.05) is 0 Å². The SMILES string of the molecule is C=CCC(O)C1CCCC(C(F)(F)F)C1. The third-order valence-corrected chi connectivity index (χ3v) is 3.13. The molecular formula is C11H17F3O. The monoisotopic (exact) mass is 222 g/mol. The number of rotatable bonds is 3. The second-order valence-electron chi connectivity index (χ2n) is 4.26. The van der Waals surface area contributed by atoms with Gasteiger partial charge in [-0.2, -0.15) is 13.2 Å². The molecule has 0 spiro atoms. The molecular weight excluding hydrogens is 205 g/mol. The summed E-state index contributed by atoms with van der Waals surface area (Å²) in [5.41, 5.74) is 0. The van der Waals surface area contributed by atoms with Gasteiger partial charge in [-0.25, -0.2) is 0 Å². The first-order chi connectivity index (χ1) is 6.95. The standard InChI is InChI=1S/C11H17F3O/c1-2-4-10(15)8-5-3-6-9(7-8)11(12,13)14/h2,8-10,15H,1,3-7H2. The van der Waals surface area contributed by atoms with E-state index in [2.05, 4.69) is 6.58 Å². The van der Waals surface area contributed by atoms with E-state index in [4.69, 9.17) is 0 Å². The molecule has 88 valence electrons. The summed E-state index contributed by atoms with van der Waals surface area (Å²) in [7, 11) is 0. The van der Waals surface area contributed by atoms with Gasteiger partial charge in [-0.05, 0) is 31.6 Å². The number of hydrogen-bond donors (Lipinski definition) is 1. The molecule has 0 aromatic heterocycles. The van der Waals surface area contributed by atoms with Gasteiger partial charge in [0.05, 0.1) is 12.0 Å². The molecule has 3 atom stereocenters. The molecule has 3 unspecified atom stereocenters. The largest absolute Gasteiger partial charge is 0.393 e. The van der Waals surface area contributed by atoms with E-state index in [1.807, 2.05) is 0 Å². The minimum Gasteiger partial charge on any atom is -0.393 e. The van der Waals surface area contributed by atoms with Gasteiger partial charge in [-0.1, -0.05) is 12.5 Å². The van der Waals surface area contributed by atoms with Crippen LogP contribution in [0.5, 0.6) is 0 Å². The second kappa shape index (κ2) is 5.01. The maximum absolute atomic E-state index is 12.5. The van der Waals surface area contributed by atoms with Gasteiger partial charge in [-0.15, -0.1) is 6.58 Å². The summed E-state index contributed by atoms with van der Waals surface area (Å²) in [6, 6.07) is 0. The van der Waals surface area contributed by atoms with Crippen molar-refractivity contribution < 1.29 is 18.3 Å². The average Bonchev–Trinajstić information content (AvgIpc) is 2.17. The van der Waals surface area contributed by atoms with E-state index in [-0.39, 0.29) is 18.8 Å². The lowest BCUT2D eigenvalue weighted by Gasteiger charge is -2.32. The third kappa shape index (κ3) is 3.52. The molecule has 1 aliphatic rings. The minimum absolute atomic E-state index is 0.0680. The van der Waals surface area contributed by atoms with Crippen LogP contribution in [0.2, 0.25) is 0 Å². The molecule has 1 N–H and O–H groups in total. The Kier molecular flexibility index (Phi) is 4.20. The molecule has 4 heteroatoms. The molecule has 0 amide bonds. The summed E-state index contributed by atoms with van der Waals surface area (Å²) < 4.78 is 37.4. The van der Waals surface area contributed by atoms with Gasteiger partial charge in [0.15, 0.2) is 0 Å². The van der Waals surface area contributed by atoms with Crippen molar-refractivity contribution in [3.63, 3.8) is 0 Å². The summed E-state index contributed by atoms with van der Waals surface area (Å²) in [6.07, 6.45) is -1.29. The van der Waals surface area contributed by atoms with Crippen molar-refractivity contribution in [1.29, 1.82) is 0 Å². The molecule has 1 fully saturated rings. The van der Waals surface area contributed by atoms with Crippen molar-refractivity contribution in [3.8, 4) is 0 Å². The Morgan fingerprint density at radius 3 is 2.60 bits per heavy atom. The van der Waals surface area contributed by atoms with Crippen LogP contribution in [0, 0.1) is 11.8 Å². The predicted octanol–water partition coefficient (Wildman–Crippen LogP) is 3.29. The highest BCUT2D eigenvalue weighted by molar-refractivity contribution is 4.84. The molecule has 0 aromatic carbocycles. The Balaban J connectivity index is 2.52. The predicted molar refractivity (Wildman–Crippen MR) is 52.3 cm³/mol. The maximum atomic E-state index is 12.5. The second-order valence-corrected chi connectivity index (χ2v) is 4.26. The zero-order valence-electron chi connectivity index (χ0n) is 8.63. The van der Waals surface area contributed by atoms with E-state index in [0.29, 0.717) is 19.3 Å². The summed E-state index contributed by atoms with van der Waals surface area (Å²) >= 11 is 0. The number of aliphatic hydroxyl groups is 1. The van der Waals surface area contributed by atoms with Crippen molar-refractivity contribution >= 4 is 0 Å². The van der Waals surface area contributed by atoms with E-state index in [1.165, 1.54) is 0 Å². The highest BCUT2D eigenvalue weighted by Gasteiger charge is 2.43. The Morgan fingerprint density at radius 2 is 2.07 bits per heavy atom. The van der Waals surface area contributed by atoms with Crippen LogP contribution in [0.3, 0.4) is 0 Å². The van der Waals surface area contributed by atoms with Gasteiger partial charge in [-0.3, -0.25) is 0 Å². The van der Waals surface area contributed by atoms with Crippen molar-refractivity contribution in [2.24, 2.45) is 11.8 Å². The molecule has 1 nitrogen and oxygen atoms in total. The van der Waals surface area contributed by atoms with Crippen molar-refractivity contribution in [1.82, 2.24) is 0 Å². The molecule has 0 saturated heterocycles. The van der Waals surface area contributed by atoms with Gasteiger partial charge in [0.25, 0.3) is 0 Å². The lowest BCUT2D eigenvalue weighted by atomic mass is 9.78. The number of alkyl halides is 3. The smallest absolute Gasteiger partial charge is 0.391 e. The van der Waals surface area contributed by atoms with Crippen LogP contribution >= 0.6 is 0 Å². The summed E-state index contributed by atoms with van der Waals surface area (Å²) in [5, 5.41) is 9.62. The van der Waals surface area contributed by atoms with Crippen molar-refractivity contribution in [2.45, 2.75) is 44.4 Å². The Labute approximate surface area is 88.0 Å². The van der Waals surface area contributed by atoms with Crippen LogP contribution in [0.4, 0.5) is 13.2 Å². The molecule has 0 aliphatic heterocycles. The normalized spacial score (nSPS) is 29.9. The summed E-state index contributed by atoms with van der Waals surface area (Å²) in [5.74, 6) is -1.45. The lowest BCUT2D eigenvalue weighted by molar-refractivity contribution is -0.188. The van der Waals surface area contributed by atoms with E-state index in [0.717, 1.165) is 0 Å². The van der Waals surface area contributed by atoms with E-state index < -0.39 is 18.2 Å². The van der Waals surface area contributed by atoms with E-state index >= 15 is 0 Å². The zero-order valence-corrected chi connectivity index (χ0v) is 8.63. The zero-order chi connectivity index (χ0) is 11.5. The first-order valence-corrected chi connectivity index (χ1v) is 5.30. The molecule has 0 radical (unpaired) electrons. The van der Waals surface area contributed by atoms with E-state index in [9.17, 15) is 18.3 Å². The topological polar surface area (TPSA) is 20.2 Å². The van der Waals surface area contributed by atoms with Gasteiger partial charge in [0.1, 0.15) is 0 Å². The molecule has 1 rings (SSSR count). The lowest BCUT2D eigenvalue weighted by Crippen LogP contribution is -2.33. The van der Waals surface area contributed by atoms with Crippen LogP contribution in [0.15, 0.2) is 12.7 Å². The quantitative estimate of drug-likeness (QED) is 0.726. The fourth-order valence-electron chi connectivity index (χ4n) is 2.24. The number of halogens is 3. The molecule has 0 aromatic rings. The van der Waals surface area contributed by atoms with Gasteiger partial charge < -0.3 is 5.11 Å². The molecule has 1 aliphatic carbocycles.